The summed E-state index contributed by atoms with van der Waals surface area (Å²) < 4.78 is 0. The van der Waals surface area contributed by atoms with Crippen molar-refractivity contribution in [2.24, 2.45) is 10.7 Å². The molecule has 1 aromatic heterocycles. The molecule has 4 N–H and O–H groups in total. The van der Waals surface area contributed by atoms with Crippen molar-refractivity contribution in [2.75, 3.05) is 29.9 Å². The summed E-state index contributed by atoms with van der Waals surface area (Å²) in [6.45, 7) is 7.43. The van der Waals surface area contributed by atoms with Crippen molar-refractivity contribution >= 4 is 27.9 Å². The Morgan fingerprint density at radius 2 is 2.08 bits per heavy atom. The van der Waals surface area contributed by atoms with Crippen LogP contribution >= 0.6 is 11.3 Å². The Morgan fingerprint density at radius 1 is 1.35 bits per heavy atom. The molecule has 5 nitrogen and oxygen atoms in total. The van der Waals surface area contributed by atoms with Crippen LogP contribution in [0, 0.1) is 0 Å². The van der Waals surface area contributed by atoms with Crippen LogP contribution in [0.4, 0.5) is 10.7 Å². The number of aliphatic hydroxyl groups excluding tert-OH is 1. The number of aliphatic imine (C=N–C) groups is 1. The summed E-state index contributed by atoms with van der Waals surface area (Å²) in [5.41, 5.74) is 9.00. The van der Waals surface area contributed by atoms with E-state index >= 15 is 0 Å². The summed E-state index contributed by atoms with van der Waals surface area (Å²) in [6.07, 6.45) is 2.30. The third-order valence-corrected chi connectivity index (χ3v) is 5.10. The van der Waals surface area contributed by atoms with Gasteiger partial charge in [0, 0.05) is 29.9 Å². The third-order valence-electron chi connectivity index (χ3n) is 3.89. The minimum absolute atomic E-state index is 0.157. The van der Waals surface area contributed by atoms with Crippen molar-refractivity contribution in [3.63, 3.8) is 0 Å². The largest absolute Gasteiger partial charge is 0.403 e. The van der Waals surface area contributed by atoms with E-state index in [9.17, 15) is 0 Å². The lowest BCUT2D eigenvalue weighted by atomic mass is 10.2. The molecule has 1 aliphatic heterocycles. The van der Waals surface area contributed by atoms with E-state index in [1.807, 2.05) is 39.0 Å². The lowest BCUT2D eigenvalue weighted by Gasteiger charge is -2.30. The third kappa shape index (κ3) is 4.65. The second-order valence-electron chi connectivity index (χ2n) is 5.62. The zero-order valence-electron chi connectivity index (χ0n) is 15.7. The van der Waals surface area contributed by atoms with Crippen LogP contribution in [-0.4, -0.2) is 30.6 Å². The van der Waals surface area contributed by atoms with Gasteiger partial charge in [-0.1, -0.05) is 44.2 Å². The molecule has 1 aliphatic rings. The topological polar surface area (TPSA) is 73.9 Å². The summed E-state index contributed by atoms with van der Waals surface area (Å²) in [5.74, 6) is 0.898. The van der Waals surface area contributed by atoms with Crippen molar-refractivity contribution in [3.05, 3.63) is 48.3 Å². The molecule has 0 radical (unpaired) electrons. The van der Waals surface area contributed by atoms with E-state index in [0.717, 1.165) is 22.2 Å². The van der Waals surface area contributed by atoms with Crippen LogP contribution in [0.15, 0.2) is 53.3 Å². The average molecular weight is 373 g/mol. The molecule has 1 aromatic carbocycles. The number of aliphatic hydroxyl groups is 1. The average Bonchev–Trinajstić information content (AvgIpc) is 3.13. The minimum Gasteiger partial charge on any atom is -0.403 e. The number of anilines is 2. The van der Waals surface area contributed by atoms with Crippen LogP contribution in [0.1, 0.15) is 27.2 Å². The SMILES string of the molecule is C/C(=C/N)N1CC(=NCCCO)Nc2cc(-c3ccccc3)sc21.CC. The Bertz CT molecular complexity index is 752. The molecule has 3 rings (SSSR count). The molecule has 0 fully saturated rings. The number of amidine groups is 1. The molecule has 0 saturated heterocycles. The standard InChI is InChI=1S/C18H22N4OS.C2H6/c1-13(11-19)22-12-17(20-8-5-9-23)21-15-10-16(24-18(15)22)14-6-3-2-4-7-14;1-2/h2-4,6-7,10-11,23H,5,8-9,12,19H2,1H3,(H,20,21);1-2H3/b13-11-;. The smallest absolute Gasteiger partial charge is 0.121 e. The second kappa shape index (κ2) is 9.99. The highest BCUT2D eigenvalue weighted by Crippen LogP contribution is 2.44. The van der Waals surface area contributed by atoms with Gasteiger partial charge >= 0.3 is 0 Å². The molecule has 0 unspecified atom stereocenters. The van der Waals surface area contributed by atoms with Gasteiger partial charge in [-0.2, -0.15) is 0 Å². The number of benzene rings is 1. The zero-order chi connectivity index (χ0) is 18.9. The monoisotopic (exact) mass is 372 g/mol. The zero-order valence-corrected chi connectivity index (χ0v) is 16.5. The maximum absolute atomic E-state index is 8.94. The van der Waals surface area contributed by atoms with Gasteiger partial charge in [-0.05, 0) is 25.0 Å². The van der Waals surface area contributed by atoms with Gasteiger partial charge in [0.2, 0.25) is 0 Å². The van der Waals surface area contributed by atoms with Gasteiger partial charge in [0.25, 0.3) is 0 Å². The van der Waals surface area contributed by atoms with Gasteiger partial charge in [-0.15, -0.1) is 11.3 Å². The number of hydrogen-bond acceptors (Lipinski definition) is 5. The van der Waals surface area contributed by atoms with E-state index in [2.05, 4.69) is 33.4 Å². The fourth-order valence-electron chi connectivity index (χ4n) is 2.58. The molecule has 0 atom stereocenters. The van der Waals surface area contributed by atoms with Gasteiger partial charge in [-0.3, -0.25) is 4.99 Å². The van der Waals surface area contributed by atoms with Crippen LogP contribution in [0.25, 0.3) is 10.4 Å². The van der Waals surface area contributed by atoms with Crippen LogP contribution < -0.4 is 16.0 Å². The van der Waals surface area contributed by atoms with Crippen LogP contribution in [-0.2, 0) is 0 Å². The number of nitrogens with zero attached hydrogens (tertiary/aromatic N) is 2. The lowest BCUT2D eigenvalue weighted by molar-refractivity contribution is 0.291. The van der Waals surface area contributed by atoms with Gasteiger partial charge < -0.3 is 21.1 Å². The molecule has 2 aromatic rings. The maximum Gasteiger partial charge on any atom is 0.121 e. The Kier molecular flexibility index (Phi) is 7.69. The molecular weight excluding hydrogens is 344 g/mol. The van der Waals surface area contributed by atoms with Crippen molar-refractivity contribution in [1.29, 1.82) is 0 Å². The van der Waals surface area contributed by atoms with Gasteiger partial charge in [0.05, 0.1) is 12.2 Å². The van der Waals surface area contributed by atoms with Crippen LogP contribution in [0.5, 0.6) is 0 Å². The predicted molar refractivity (Wildman–Crippen MR) is 114 cm³/mol. The number of fused-ring (bicyclic) bond motifs is 1. The second-order valence-corrected chi connectivity index (χ2v) is 6.65. The van der Waals surface area contributed by atoms with Crippen molar-refractivity contribution < 1.29 is 5.11 Å². The first-order valence-electron chi connectivity index (χ1n) is 8.99. The van der Waals surface area contributed by atoms with E-state index in [4.69, 9.17) is 10.8 Å². The highest BCUT2D eigenvalue weighted by molar-refractivity contribution is 7.20. The first-order valence-corrected chi connectivity index (χ1v) is 9.81. The van der Waals surface area contributed by atoms with E-state index in [-0.39, 0.29) is 6.61 Å². The molecule has 0 spiro atoms. The van der Waals surface area contributed by atoms with Gasteiger partial charge in [0.1, 0.15) is 10.8 Å². The summed E-state index contributed by atoms with van der Waals surface area (Å²) in [7, 11) is 0. The first kappa shape index (κ1) is 20.0. The fourth-order valence-corrected chi connectivity index (χ4v) is 3.76. The number of nitrogens with one attached hydrogen (secondary N) is 1. The molecule has 0 aliphatic carbocycles. The molecule has 140 valence electrons. The number of hydrogen-bond donors (Lipinski definition) is 3. The number of thiophene rings is 1. The van der Waals surface area contributed by atoms with E-state index in [0.29, 0.717) is 19.5 Å². The predicted octanol–water partition coefficient (Wildman–Crippen LogP) is 4.27. The summed E-state index contributed by atoms with van der Waals surface area (Å²) in [4.78, 5) is 7.95. The van der Waals surface area contributed by atoms with E-state index < -0.39 is 0 Å². The number of rotatable bonds is 5. The fraction of sp³-hybridized carbons (Fsp3) is 0.350. The van der Waals surface area contributed by atoms with Crippen LogP contribution in [0.3, 0.4) is 0 Å². The highest BCUT2D eigenvalue weighted by atomic mass is 32.1. The Morgan fingerprint density at radius 3 is 2.73 bits per heavy atom. The minimum atomic E-state index is 0.157. The molecular formula is C20H28N4OS. The quantitative estimate of drug-likeness (QED) is 0.685. The Labute approximate surface area is 159 Å². The lowest BCUT2D eigenvalue weighted by Crippen LogP contribution is -2.36. The normalized spacial score (nSPS) is 15.2. The van der Waals surface area contributed by atoms with Crippen molar-refractivity contribution in [1.82, 2.24) is 0 Å². The highest BCUT2D eigenvalue weighted by Gasteiger charge is 2.25. The van der Waals surface area contributed by atoms with Crippen LogP contribution in [0.2, 0.25) is 0 Å². The molecule has 6 heteroatoms. The van der Waals surface area contributed by atoms with Crippen molar-refractivity contribution in [2.45, 2.75) is 27.2 Å². The number of allylic oxidation sites excluding steroid dienone is 1. The first-order chi connectivity index (χ1) is 12.7. The molecule has 26 heavy (non-hydrogen) atoms. The summed E-state index contributed by atoms with van der Waals surface area (Å²) >= 11 is 1.74. The molecule has 0 bridgehead atoms. The number of nitrogens with two attached hydrogens (primary N) is 1. The van der Waals surface area contributed by atoms with E-state index in [1.165, 1.54) is 10.4 Å². The molecule has 0 amide bonds. The maximum atomic E-state index is 8.94. The van der Waals surface area contributed by atoms with Gasteiger partial charge in [-0.25, -0.2) is 0 Å². The van der Waals surface area contributed by atoms with E-state index in [1.54, 1.807) is 17.5 Å². The Balaban J connectivity index is 0.00000117. The summed E-state index contributed by atoms with van der Waals surface area (Å²) in [5, 5.41) is 13.5. The van der Waals surface area contributed by atoms with Gasteiger partial charge in [0.15, 0.2) is 0 Å². The van der Waals surface area contributed by atoms with Crippen molar-refractivity contribution in [3.8, 4) is 10.4 Å². The Hall–Kier alpha value is -2.31. The molecule has 0 saturated carbocycles. The molecule has 2 heterocycles. The summed E-state index contributed by atoms with van der Waals surface area (Å²) in [6, 6.07) is 12.5.